The van der Waals surface area contributed by atoms with E-state index in [0.29, 0.717) is 25.9 Å². The molecule has 0 spiro atoms. The molecule has 0 radical (unpaired) electrons. The van der Waals surface area contributed by atoms with Crippen molar-refractivity contribution in [2.24, 2.45) is 0 Å². The van der Waals surface area contributed by atoms with Crippen molar-refractivity contribution >= 4 is 0 Å². The predicted molar refractivity (Wildman–Crippen MR) is 82.1 cm³/mol. The second kappa shape index (κ2) is 12.6. The minimum absolute atomic E-state index is 0.00553. The normalized spacial score (nSPS) is 17.7. The monoisotopic (exact) mass is 290 g/mol. The van der Waals surface area contributed by atoms with E-state index >= 15 is 0 Å². The molecule has 0 aromatic heterocycles. The van der Waals surface area contributed by atoms with E-state index in [2.05, 4.69) is 13.8 Å². The predicted octanol–water partition coefficient (Wildman–Crippen LogP) is 3.16. The Bertz CT molecular complexity index is 209. The van der Waals surface area contributed by atoms with Gasteiger partial charge in [-0.15, -0.1) is 0 Å². The van der Waals surface area contributed by atoms with Crippen LogP contribution in [0.3, 0.4) is 0 Å². The second-order valence-electron chi connectivity index (χ2n) is 5.78. The van der Waals surface area contributed by atoms with Crippen molar-refractivity contribution in [3.05, 3.63) is 0 Å². The van der Waals surface area contributed by atoms with E-state index in [9.17, 15) is 0 Å². The highest BCUT2D eigenvalue weighted by Gasteiger charge is 2.10. The fraction of sp³-hybridized carbons (Fsp3) is 1.00. The SMILES string of the molecule is CCCCCC(C)OCC(C)OCC(C)OCC(C)O. The van der Waals surface area contributed by atoms with Gasteiger partial charge in [-0.25, -0.2) is 0 Å². The van der Waals surface area contributed by atoms with E-state index in [1.165, 1.54) is 19.3 Å². The molecule has 20 heavy (non-hydrogen) atoms. The minimum atomic E-state index is -0.429. The van der Waals surface area contributed by atoms with Gasteiger partial charge in [0.25, 0.3) is 0 Å². The number of ether oxygens (including phenoxy) is 3. The van der Waals surface area contributed by atoms with E-state index in [0.717, 1.165) is 6.42 Å². The zero-order valence-electron chi connectivity index (χ0n) is 13.9. The van der Waals surface area contributed by atoms with E-state index in [1.54, 1.807) is 6.92 Å². The van der Waals surface area contributed by atoms with Crippen LogP contribution in [0.2, 0.25) is 0 Å². The molecule has 0 rings (SSSR count). The van der Waals surface area contributed by atoms with Gasteiger partial charge in [-0.1, -0.05) is 26.2 Å². The van der Waals surface area contributed by atoms with Crippen LogP contribution < -0.4 is 0 Å². The highest BCUT2D eigenvalue weighted by atomic mass is 16.6. The molecule has 0 heterocycles. The summed E-state index contributed by atoms with van der Waals surface area (Å²) in [6, 6.07) is 0. The average Bonchev–Trinajstić information content (AvgIpc) is 2.40. The van der Waals surface area contributed by atoms with Crippen LogP contribution in [0.4, 0.5) is 0 Å². The van der Waals surface area contributed by atoms with Crippen molar-refractivity contribution in [3.8, 4) is 0 Å². The third-order valence-corrected chi connectivity index (χ3v) is 3.07. The molecule has 0 bridgehead atoms. The zero-order valence-corrected chi connectivity index (χ0v) is 13.9. The molecule has 0 amide bonds. The van der Waals surface area contributed by atoms with E-state index in [-0.39, 0.29) is 12.2 Å². The highest BCUT2D eigenvalue weighted by Crippen LogP contribution is 2.07. The third-order valence-electron chi connectivity index (χ3n) is 3.07. The maximum absolute atomic E-state index is 9.13. The van der Waals surface area contributed by atoms with Gasteiger partial charge < -0.3 is 19.3 Å². The number of hydrogen-bond donors (Lipinski definition) is 1. The molecule has 4 nitrogen and oxygen atoms in total. The van der Waals surface area contributed by atoms with Gasteiger partial charge in [0.05, 0.1) is 44.2 Å². The van der Waals surface area contributed by atoms with Gasteiger partial charge in [0.2, 0.25) is 0 Å². The first-order valence-corrected chi connectivity index (χ1v) is 7.98. The molecule has 0 aliphatic carbocycles. The van der Waals surface area contributed by atoms with Crippen molar-refractivity contribution in [3.63, 3.8) is 0 Å². The van der Waals surface area contributed by atoms with Crippen LogP contribution in [0.5, 0.6) is 0 Å². The molecule has 4 heteroatoms. The van der Waals surface area contributed by atoms with Gasteiger partial charge in [-0.05, 0) is 34.1 Å². The first-order valence-electron chi connectivity index (χ1n) is 7.98. The van der Waals surface area contributed by atoms with Gasteiger partial charge >= 0.3 is 0 Å². The lowest BCUT2D eigenvalue weighted by molar-refractivity contribution is -0.0786. The van der Waals surface area contributed by atoms with Crippen molar-refractivity contribution < 1.29 is 19.3 Å². The van der Waals surface area contributed by atoms with Crippen molar-refractivity contribution in [1.82, 2.24) is 0 Å². The van der Waals surface area contributed by atoms with E-state index in [1.807, 2.05) is 13.8 Å². The number of hydrogen-bond acceptors (Lipinski definition) is 4. The first-order chi connectivity index (χ1) is 9.45. The summed E-state index contributed by atoms with van der Waals surface area (Å²) in [4.78, 5) is 0. The van der Waals surface area contributed by atoms with Gasteiger partial charge in [-0.3, -0.25) is 0 Å². The first kappa shape index (κ1) is 19.8. The summed E-state index contributed by atoms with van der Waals surface area (Å²) in [5, 5.41) is 9.13. The maximum atomic E-state index is 9.13. The summed E-state index contributed by atoms with van der Waals surface area (Å²) in [7, 11) is 0. The van der Waals surface area contributed by atoms with Crippen LogP contribution >= 0.6 is 0 Å². The highest BCUT2D eigenvalue weighted by molar-refractivity contribution is 4.56. The summed E-state index contributed by atoms with van der Waals surface area (Å²) in [5.74, 6) is 0. The molecular formula is C16H34O4. The Hall–Kier alpha value is -0.160. The molecular weight excluding hydrogens is 256 g/mol. The Balaban J connectivity index is 3.54. The molecule has 0 aromatic carbocycles. The minimum Gasteiger partial charge on any atom is -0.391 e. The third kappa shape index (κ3) is 12.9. The summed E-state index contributed by atoms with van der Waals surface area (Å²) in [5.41, 5.74) is 0. The standard InChI is InChI=1S/C16H34O4/c1-6-7-8-9-14(3)19-11-16(5)20-12-15(4)18-10-13(2)17/h13-17H,6-12H2,1-5H3. The summed E-state index contributed by atoms with van der Waals surface area (Å²) in [6.07, 6.45) is 4.81. The second-order valence-corrected chi connectivity index (χ2v) is 5.78. The molecule has 1 N–H and O–H groups in total. The molecule has 4 atom stereocenters. The van der Waals surface area contributed by atoms with Gasteiger partial charge in [-0.2, -0.15) is 0 Å². The van der Waals surface area contributed by atoms with Crippen molar-refractivity contribution in [2.75, 3.05) is 19.8 Å². The Kier molecular flexibility index (Phi) is 12.5. The average molecular weight is 290 g/mol. The quantitative estimate of drug-likeness (QED) is 0.529. The Labute approximate surface area is 124 Å². The molecule has 4 unspecified atom stereocenters. The number of unbranched alkanes of at least 4 members (excludes halogenated alkanes) is 2. The molecule has 0 aliphatic heterocycles. The van der Waals surface area contributed by atoms with Gasteiger partial charge in [0.15, 0.2) is 0 Å². The molecule has 0 aromatic rings. The van der Waals surface area contributed by atoms with Crippen molar-refractivity contribution in [1.29, 1.82) is 0 Å². The van der Waals surface area contributed by atoms with Crippen LogP contribution in [0.25, 0.3) is 0 Å². The van der Waals surface area contributed by atoms with Gasteiger partial charge in [0, 0.05) is 0 Å². The number of aliphatic hydroxyl groups excluding tert-OH is 1. The van der Waals surface area contributed by atoms with Crippen LogP contribution in [0.15, 0.2) is 0 Å². The lowest BCUT2D eigenvalue weighted by Crippen LogP contribution is -2.26. The summed E-state index contributed by atoms with van der Waals surface area (Å²) >= 11 is 0. The number of rotatable bonds is 13. The largest absolute Gasteiger partial charge is 0.391 e. The van der Waals surface area contributed by atoms with Crippen molar-refractivity contribution in [2.45, 2.75) is 84.7 Å². The summed E-state index contributed by atoms with van der Waals surface area (Å²) < 4.78 is 16.9. The maximum Gasteiger partial charge on any atom is 0.0781 e. The smallest absolute Gasteiger partial charge is 0.0781 e. The lowest BCUT2D eigenvalue weighted by Gasteiger charge is -2.20. The Morgan fingerprint density at radius 3 is 1.75 bits per heavy atom. The fourth-order valence-corrected chi connectivity index (χ4v) is 1.76. The van der Waals surface area contributed by atoms with E-state index < -0.39 is 6.10 Å². The summed E-state index contributed by atoms with van der Waals surface area (Å²) in [6.45, 7) is 11.5. The molecule has 0 saturated heterocycles. The number of aliphatic hydroxyl groups is 1. The topological polar surface area (TPSA) is 47.9 Å². The lowest BCUT2D eigenvalue weighted by atomic mass is 10.1. The zero-order chi connectivity index (χ0) is 15.4. The van der Waals surface area contributed by atoms with Crippen LogP contribution in [0, 0.1) is 0 Å². The van der Waals surface area contributed by atoms with E-state index in [4.69, 9.17) is 19.3 Å². The van der Waals surface area contributed by atoms with Crippen LogP contribution in [-0.4, -0.2) is 49.3 Å². The molecule has 0 aliphatic rings. The fourth-order valence-electron chi connectivity index (χ4n) is 1.76. The van der Waals surface area contributed by atoms with Crippen LogP contribution in [-0.2, 0) is 14.2 Å². The molecule has 0 fully saturated rings. The Morgan fingerprint density at radius 2 is 1.25 bits per heavy atom. The van der Waals surface area contributed by atoms with Gasteiger partial charge in [0.1, 0.15) is 0 Å². The Morgan fingerprint density at radius 1 is 0.750 bits per heavy atom. The molecule has 0 saturated carbocycles. The van der Waals surface area contributed by atoms with Crippen LogP contribution in [0.1, 0.15) is 60.3 Å². The molecule has 122 valence electrons.